The summed E-state index contributed by atoms with van der Waals surface area (Å²) in [6.45, 7) is 2.09. The van der Waals surface area contributed by atoms with Crippen molar-refractivity contribution in [2.45, 2.75) is 20.0 Å². The van der Waals surface area contributed by atoms with Crippen LogP contribution in [0.25, 0.3) is 11.1 Å². The van der Waals surface area contributed by atoms with Crippen LogP contribution in [0.4, 0.5) is 11.6 Å². The molecule has 0 spiro atoms. The lowest BCUT2D eigenvalue weighted by Crippen LogP contribution is -2.42. The topological polar surface area (TPSA) is 115 Å². The van der Waals surface area contributed by atoms with E-state index in [2.05, 4.69) is 15.3 Å². The van der Waals surface area contributed by atoms with E-state index >= 15 is 0 Å². The van der Waals surface area contributed by atoms with Crippen LogP contribution in [-0.2, 0) is 13.1 Å². The molecule has 0 aliphatic rings. The maximum atomic E-state index is 12.9. The Kier molecular flexibility index (Phi) is 4.81. The van der Waals surface area contributed by atoms with Crippen molar-refractivity contribution in [2.75, 3.05) is 5.32 Å². The highest BCUT2D eigenvalue weighted by Crippen LogP contribution is 2.19. The van der Waals surface area contributed by atoms with E-state index in [0.717, 1.165) is 10.1 Å². The second kappa shape index (κ2) is 7.44. The lowest BCUT2D eigenvalue weighted by atomic mass is 10.2. The molecule has 10 heteroatoms. The summed E-state index contributed by atoms with van der Waals surface area (Å²) in [5, 5.41) is 3.56. The van der Waals surface area contributed by atoms with Crippen molar-refractivity contribution in [2.24, 2.45) is 0 Å². The minimum atomic E-state index is -0.651. The van der Waals surface area contributed by atoms with Crippen molar-refractivity contribution in [3.05, 3.63) is 84.6 Å². The highest BCUT2D eigenvalue weighted by Gasteiger charge is 2.14. The fraction of sp³-hybridized carbons (Fsp3) is 0.158. The zero-order chi connectivity index (χ0) is 20.5. The molecule has 0 bridgehead atoms. The maximum Gasteiger partial charge on any atom is 0.417 e. The number of aromatic amines is 1. The Morgan fingerprint density at radius 1 is 1.10 bits per heavy atom. The first-order chi connectivity index (χ1) is 13.9. The molecule has 0 saturated carbocycles. The van der Waals surface area contributed by atoms with Crippen molar-refractivity contribution in [3.63, 3.8) is 0 Å². The molecule has 0 amide bonds. The third-order valence-electron chi connectivity index (χ3n) is 4.40. The Bertz CT molecular complexity index is 1360. The van der Waals surface area contributed by atoms with Gasteiger partial charge in [0.05, 0.1) is 12.1 Å². The predicted molar refractivity (Wildman–Crippen MR) is 109 cm³/mol. The Morgan fingerprint density at radius 3 is 2.59 bits per heavy atom. The minimum absolute atomic E-state index is 0.0804. The van der Waals surface area contributed by atoms with Gasteiger partial charge in [-0.3, -0.25) is 9.55 Å². The van der Waals surface area contributed by atoms with Gasteiger partial charge in [0.25, 0.3) is 0 Å². The van der Waals surface area contributed by atoms with Crippen LogP contribution in [0.1, 0.15) is 12.5 Å². The van der Waals surface area contributed by atoms with Crippen LogP contribution in [-0.4, -0.2) is 19.1 Å². The Balaban J connectivity index is 1.79. The Morgan fingerprint density at radius 2 is 1.86 bits per heavy atom. The smallest absolute Gasteiger partial charge is 0.408 e. The van der Waals surface area contributed by atoms with E-state index < -0.39 is 17.1 Å². The summed E-state index contributed by atoms with van der Waals surface area (Å²) >= 11 is 5.93. The fourth-order valence-corrected chi connectivity index (χ4v) is 3.09. The molecule has 0 unspecified atom stereocenters. The van der Waals surface area contributed by atoms with Gasteiger partial charge in [0.2, 0.25) is 5.95 Å². The lowest BCUT2D eigenvalue weighted by Gasteiger charge is -2.15. The number of halogens is 1. The maximum absolute atomic E-state index is 12.9. The molecule has 0 radical (unpaired) electrons. The number of benzene rings is 2. The molecule has 2 aromatic heterocycles. The van der Waals surface area contributed by atoms with Crippen molar-refractivity contribution >= 4 is 34.3 Å². The molecule has 2 heterocycles. The van der Waals surface area contributed by atoms with E-state index in [4.69, 9.17) is 16.0 Å². The second-order valence-electron chi connectivity index (χ2n) is 6.31. The van der Waals surface area contributed by atoms with Gasteiger partial charge in [0.15, 0.2) is 5.58 Å². The number of H-pyrrole nitrogens is 1. The summed E-state index contributed by atoms with van der Waals surface area (Å²) in [6.07, 6.45) is 0. The first-order valence-corrected chi connectivity index (χ1v) is 9.18. The van der Waals surface area contributed by atoms with Crippen molar-refractivity contribution in [3.8, 4) is 0 Å². The standard InChI is InChI=1S/C19H16ClN5O4/c1-2-24-17(26)23-16(21-13-7-8-14-15(9-13)29-18(27)22-14)25(19(24)28)10-11-3-5-12(20)6-4-11/h3-9H,2,10H2,1H3,(H,22,27)(H,21,23,26). The number of nitrogens with zero attached hydrogens (tertiary/aromatic N) is 3. The lowest BCUT2D eigenvalue weighted by molar-refractivity contribution is 0.555. The van der Waals surface area contributed by atoms with Gasteiger partial charge in [-0.05, 0) is 36.8 Å². The number of aromatic nitrogens is 4. The van der Waals surface area contributed by atoms with Gasteiger partial charge >= 0.3 is 17.1 Å². The van der Waals surface area contributed by atoms with Gasteiger partial charge in [-0.15, -0.1) is 0 Å². The second-order valence-corrected chi connectivity index (χ2v) is 6.74. The summed E-state index contributed by atoms with van der Waals surface area (Å²) in [6, 6.07) is 11.9. The molecular weight excluding hydrogens is 398 g/mol. The van der Waals surface area contributed by atoms with E-state index in [0.29, 0.717) is 21.8 Å². The molecule has 0 aliphatic carbocycles. The summed E-state index contributed by atoms with van der Waals surface area (Å²) in [7, 11) is 0. The van der Waals surface area contributed by atoms with Crippen LogP contribution in [0.5, 0.6) is 0 Å². The predicted octanol–water partition coefficient (Wildman–Crippen LogP) is 2.30. The zero-order valence-electron chi connectivity index (χ0n) is 15.3. The normalized spacial score (nSPS) is 11.1. The van der Waals surface area contributed by atoms with Crippen LogP contribution in [0.2, 0.25) is 5.02 Å². The Labute approximate surface area is 168 Å². The number of rotatable bonds is 5. The highest BCUT2D eigenvalue weighted by atomic mass is 35.5. The van der Waals surface area contributed by atoms with E-state index in [9.17, 15) is 14.4 Å². The molecule has 2 N–H and O–H groups in total. The summed E-state index contributed by atoms with van der Waals surface area (Å²) in [5.74, 6) is -0.489. The van der Waals surface area contributed by atoms with Gasteiger partial charge in [-0.25, -0.2) is 19.0 Å². The summed E-state index contributed by atoms with van der Waals surface area (Å²) < 4.78 is 7.47. The average molecular weight is 414 g/mol. The summed E-state index contributed by atoms with van der Waals surface area (Å²) in [4.78, 5) is 43.1. The van der Waals surface area contributed by atoms with E-state index in [1.165, 1.54) is 4.57 Å². The number of hydrogen-bond donors (Lipinski definition) is 2. The third kappa shape index (κ3) is 3.72. The molecule has 2 aromatic carbocycles. The fourth-order valence-electron chi connectivity index (χ4n) is 2.96. The average Bonchev–Trinajstić information content (AvgIpc) is 3.06. The van der Waals surface area contributed by atoms with E-state index in [1.807, 2.05) is 0 Å². The van der Waals surface area contributed by atoms with E-state index in [-0.39, 0.29) is 19.0 Å². The van der Waals surface area contributed by atoms with Crippen molar-refractivity contribution < 1.29 is 4.42 Å². The van der Waals surface area contributed by atoms with Gasteiger partial charge in [0, 0.05) is 23.3 Å². The van der Waals surface area contributed by atoms with Gasteiger partial charge < -0.3 is 9.73 Å². The highest BCUT2D eigenvalue weighted by molar-refractivity contribution is 6.30. The number of nitrogens with one attached hydrogen (secondary N) is 2. The molecule has 0 fully saturated rings. The van der Waals surface area contributed by atoms with Gasteiger partial charge in [-0.1, -0.05) is 23.7 Å². The molecule has 0 atom stereocenters. The van der Waals surface area contributed by atoms with Gasteiger partial charge in [0.1, 0.15) is 0 Å². The summed E-state index contributed by atoms with van der Waals surface area (Å²) in [5.41, 5.74) is 1.06. The van der Waals surface area contributed by atoms with E-state index in [1.54, 1.807) is 49.4 Å². The molecular formula is C19H16ClN5O4. The monoisotopic (exact) mass is 413 g/mol. The SMILES string of the molecule is CCn1c(=O)nc(Nc2ccc3[nH]c(=O)oc3c2)n(Cc2ccc(Cl)cc2)c1=O. The molecule has 9 nitrogen and oxygen atoms in total. The molecule has 0 aliphatic heterocycles. The van der Waals surface area contributed by atoms with Gasteiger partial charge in [-0.2, -0.15) is 4.98 Å². The van der Waals surface area contributed by atoms with Crippen LogP contribution in [0.15, 0.2) is 61.3 Å². The number of anilines is 2. The number of oxazole rings is 1. The largest absolute Gasteiger partial charge is 0.417 e. The van der Waals surface area contributed by atoms with Crippen LogP contribution in [0.3, 0.4) is 0 Å². The molecule has 4 aromatic rings. The molecule has 148 valence electrons. The third-order valence-corrected chi connectivity index (χ3v) is 4.65. The molecule has 29 heavy (non-hydrogen) atoms. The minimum Gasteiger partial charge on any atom is -0.408 e. The first kappa shape index (κ1) is 18.8. The van der Waals surface area contributed by atoms with Crippen LogP contribution >= 0.6 is 11.6 Å². The van der Waals surface area contributed by atoms with Crippen LogP contribution < -0.4 is 22.5 Å². The van der Waals surface area contributed by atoms with Crippen molar-refractivity contribution in [1.82, 2.24) is 19.1 Å². The zero-order valence-corrected chi connectivity index (χ0v) is 16.1. The molecule has 4 rings (SSSR count). The molecule has 0 saturated heterocycles. The Hall–Kier alpha value is -3.59. The quantitative estimate of drug-likeness (QED) is 0.518. The van der Waals surface area contributed by atoms with Crippen LogP contribution in [0, 0.1) is 0 Å². The van der Waals surface area contributed by atoms with Crippen molar-refractivity contribution in [1.29, 1.82) is 0 Å². The number of fused-ring (bicyclic) bond motifs is 1. The number of hydrogen-bond acceptors (Lipinski definition) is 6. The first-order valence-electron chi connectivity index (χ1n) is 8.80.